The molecule has 0 saturated heterocycles. The maximum absolute atomic E-state index is 10.5. The van der Waals surface area contributed by atoms with Crippen molar-refractivity contribution < 1.29 is 19.5 Å². The zero-order chi connectivity index (χ0) is 10.4. The first-order valence-corrected chi connectivity index (χ1v) is 3.89. The van der Waals surface area contributed by atoms with Crippen molar-refractivity contribution in [2.24, 2.45) is 0 Å². The highest BCUT2D eigenvalue weighted by Gasteiger charge is 2.09. The van der Waals surface area contributed by atoms with E-state index in [1.54, 1.807) is 17.6 Å². The molecule has 0 unspecified atom stereocenters. The molecule has 0 saturated carbocycles. The van der Waals surface area contributed by atoms with Gasteiger partial charge in [-0.25, -0.2) is 10.3 Å². The van der Waals surface area contributed by atoms with Gasteiger partial charge in [0.1, 0.15) is 0 Å². The first kappa shape index (κ1) is 10.2. The maximum Gasteiger partial charge on any atom is 0.396 e. The number of aliphatic carboxylic acids is 1. The average Bonchev–Trinajstić information content (AvgIpc) is 2.19. The van der Waals surface area contributed by atoms with Crippen molar-refractivity contribution >= 4 is 11.9 Å². The van der Waals surface area contributed by atoms with Gasteiger partial charge in [-0.2, -0.15) is 0 Å². The number of hydrogen-bond acceptors (Lipinski definition) is 3. The maximum atomic E-state index is 10.5. The molecule has 5 nitrogen and oxygen atoms in total. The van der Waals surface area contributed by atoms with Gasteiger partial charge in [-0.05, 0) is 5.56 Å². The molecule has 1 amide bonds. The molecule has 1 aromatic rings. The van der Waals surface area contributed by atoms with Crippen LogP contribution in [0, 0.1) is 0 Å². The van der Waals surface area contributed by atoms with Crippen molar-refractivity contribution in [3.05, 3.63) is 35.9 Å². The summed E-state index contributed by atoms with van der Waals surface area (Å²) in [6.45, 7) is 0.139. The second-order valence-electron chi connectivity index (χ2n) is 2.51. The van der Waals surface area contributed by atoms with Crippen LogP contribution >= 0.6 is 0 Å². The van der Waals surface area contributed by atoms with Gasteiger partial charge in [0.2, 0.25) is 0 Å². The van der Waals surface area contributed by atoms with Crippen LogP contribution in [0.3, 0.4) is 0 Å². The van der Waals surface area contributed by atoms with Crippen molar-refractivity contribution in [2.45, 2.75) is 6.61 Å². The molecule has 0 aliphatic heterocycles. The quantitative estimate of drug-likeness (QED) is 0.538. The van der Waals surface area contributed by atoms with E-state index in [2.05, 4.69) is 4.84 Å². The molecule has 14 heavy (non-hydrogen) atoms. The lowest BCUT2D eigenvalue weighted by molar-refractivity contribution is -0.157. The molecule has 0 aliphatic carbocycles. The van der Waals surface area contributed by atoms with Crippen LogP contribution in [0.2, 0.25) is 0 Å². The number of hydrogen-bond donors (Lipinski definition) is 2. The first-order valence-electron chi connectivity index (χ1n) is 3.89. The van der Waals surface area contributed by atoms with E-state index in [1.165, 1.54) is 0 Å². The third-order valence-electron chi connectivity index (χ3n) is 1.44. The summed E-state index contributed by atoms with van der Waals surface area (Å²) in [7, 11) is 0. The minimum atomic E-state index is -1.57. The van der Waals surface area contributed by atoms with E-state index in [4.69, 9.17) is 5.11 Å². The van der Waals surface area contributed by atoms with Crippen molar-refractivity contribution in [2.75, 3.05) is 0 Å². The van der Waals surface area contributed by atoms with Gasteiger partial charge in [0.15, 0.2) is 0 Å². The molecule has 2 N–H and O–H groups in total. The Bertz CT molecular complexity index is 323. The van der Waals surface area contributed by atoms with Gasteiger partial charge >= 0.3 is 11.9 Å². The Morgan fingerprint density at radius 3 is 2.50 bits per heavy atom. The Hall–Kier alpha value is -1.88. The van der Waals surface area contributed by atoms with E-state index >= 15 is 0 Å². The van der Waals surface area contributed by atoms with Crippen molar-refractivity contribution in [3.8, 4) is 0 Å². The van der Waals surface area contributed by atoms with Crippen LogP contribution in [0.25, 0.3) is 0 Å². The number of carbonyl (C=O) groups excluding carboxylic acids is 1. The van der Waals surface area contributed by atoms with Crippen molar-refractivity contribution in [1.82, 2.24) is 5.48 Å². The number of carboxylic acids is 1. The molecule has 0 aromatic heterocycles. The van der Waals surface area contributed by atoms with Gasteiger partial charge in [0.05, 0.1) is 6.61 Å². The summed E-state index contributed by atoms with van der Waals surface area (Å²) >= 11 is 0. The minimum Gasteiger partial charge on any atom is -0.474 e. The predicted molar refractivity (Wildman–Crippen MR) is 47.0 cm³/mol. The van der Waals surface area contributed by atoms with E-state index in [0.29, 0.717) is 0 Å². The van der Waals surface area contributed by atoms with Crippen molar-refractivity contribution in [3.63, 3.8) is 0 Å². The molecule has 1 aromatic carbocycles. The van der Waals surface area contributed by atoms with Gasteiger partial charge < -0.3 is 5.11 Å². The molecule has 5 heteroatoms. The van der Waals surface area contributed by atoms with Gasteiger partial charge in [-0.3, -0.25) is 9.63 Å². The molecule has 0 heterocycles. The Labute approximate surface area is 80.3 Å². The molecule has 1 rings (SSSR count). The molecule has 0 bridgehead atoms. The molecule has 0 radical (unpaired) electrons. The molecular weight excluding hydrogens is 186 g/mol. The number of carboxylic acid groups (broad SMARTS) is 1. The lowest BCUT2D eigenvalue weighted by Gasteiger charge is -2.02. The highest BCUT2D eigenvalue weighted by Crippen LogP contribution is 1.98. The first-order chi connectivity index (χ1) is 6.70. The van der Waals surface area contributed by atoms with Crippen LogP contribution in [0.4, 0.5) is 0 Å². The van der Waals surface area contributed by atoms with Crippen LogP contribution in [0.5, 0.6) is 0 Å². The smallest absolute Gasteiger partial charge is 0.396 e. The molecule has 0 fully saturated rings. The fourth-order valence-corrected chi connectivity index (χ4v) is 0.803. The number of nitrogens with one attached hydrogen (secondary N) is 1. The highest BCUT2D eigenvalue weighted by molar-refractivity contribution is 6.31. The number of benzene rings is 1. The van der Waals surface area contributed by atoms with E-state index in [-0.39, 0.29) is 6.61 Å². The van der Waals surface area contributed by atoms with Crippen LogP contribution in [0.15, 0.2) is 30.3 Å². The van der Waals surface area contributed by atoms with E-state index < -0.39 is 11.9 Å². The van der Waals surface area contributed by atoms with Gasteiger partial charge in [-0.15, -0.1) is 0 Å². The largest absolute Gasteiger partial charge is 0.474 e. The normalized spacial score (nSPS) is 9.43. The average molecular weight is 195 g/mol. The lowest BCUT2D eigenvalue weighted by Crippen LogP contribution is -2.30. The second-order valence-corrected chi connectivity index (χ2v) is 2.51. The Kier molecular flexibility index (Phi) is 3.63. The van der Waals surface area contributed by atoms with Crippen LogP contribution in [-0.4, -0.2) is 17.0 Å². The summed E-state index contributed by atoms with van der Waals surface area (Å²) in [5.41, 5.74) is 2.64. The van der Waals surface area contributed by atoms with Gasteiger partial charge in [0.25, 0.3) is 0 Å². The molecule has 74 valence electrons. The summed E-state index contributed by atoms with van der Waals surface area (Å²) in [6.07, 6.45) is 0. The predicted octanol–water partition coefficient (Wildman–Crippen LogP) is 0.319. The van der Waals surface area contributed by atoms with Crippen LogP contribution < -0.4 is 5.48 Å². The fraction of sp³-hybridized carbons (Fsp3) is 0.111. The summed E-state index contributed by atoms with van der Waals surface area (Å²) in [5, 5.41) is 8.19. The minimum absolute atomic E-state index is 0.139. The highest BCUT2D eigenvalue weighted by atomic mass is 16.7. The second kappa shape index (κ2) is 4.98. The van der Waals surface area contributed by atoms with Gasteiger partial charge in [0, 0.05) is 0 Å². The van der Waals surface area contributed by atoms with E-state index in [0.717, 1.165) is 5.56 Å². The van der Waals surface area contributed by atoms with E-state index in [9.17, 15) is 9.59 Å². The Balaban J connectivity index is 2.29. The summed E-state index contributed by atoms with van der Waals surface area (Å²) in [5.74, 6) is -2.75. The van der Waals surface area contributed by atoms with E-state index in [1.807, 2.05) is 18.2 Å². The van der Waals surface area contributed by atoms with Gasteiger partial charge in [-0.1, -0.05) is 30.3 Å². The summed E-state index contributed by atoms with van der Waals surface area (Å²) in [4.78, 5) is 25.2. The number of carbonyl (C=O) groups is 2. The number of hydroxylamine groups is 1. The lowest BCUT2D eigenvalue weighted by atomic mass is 10.2. The molecule has 0 spiro atoms. The Morgan fingerprint density at radius 1 is 1.29 bits per heavy atom. The number of rotatable bonds is 3. The van der Waals surface area contributed by atoms with Crippen molar-refractivity contribution in [1.29, 1.82) is 0 Å². The number of amides is 1. The third-order valence-corrected chi connectivity index (χ3v) is 1.44. The third kappa shape index (κ3) is 3.24. The zero-order valence-electron chi connectivity index (χ0n) is 7.27. The molecule has 0 aliphatic rings. The fourth-order valence-electron chi connectivity index (χ4n) is 0.803. The Morgan fingerprint density at radius 2 is 1.93 bits per heavy atom. The SMILES string of the molecule is O=C(O)C(=O)NOCc1ccccc1. The summed E-state index contributed by atoms with van der Waals surface area (Å²) < 4.78 is 0. The summed E-state index contributed by atoms with van der Waals surface area (Å²) in [6, 6.07) is 9.08. The monoisotopic (exact) mass is 195 g/mol. The van der Waals surface area contributed by atoms with Crippen LogP contribution in [-0.2, 0) is 21.0 Å². The van der Waals surface area contributed by atoms with Crippen LogP contribution in [0.1, 0.15) is 5.56 Å². The molecular formula is C9H9NO4. The standard InChI is InChI=1S/C9H9NO4/c11-8(9(12)13)10-14-6-7-4-2-1-3-5-7/h1-5H,6H2,(H,10,11)(H,12,13). The molecule has 0 atom stereocenters. The zero-order valence-corrected chi connectivity index (χ0v) is 7.27. The topological polar surface area (TPSA) is 75.6 Å².